The van der Waals surface area contributed by atoms with E-state index in [1.807, 2.05) is 9.47 Å². The molecule has 6 rings (SSSR count). The minimum atomic E-state index is -4.71. The molecule has 8 nitrogen and oxygen atoms in total. The van der Waals surface area contributed by atoms with Crippen molar-refractivity contribution in [2.45, 2.75) is 51.4 Å². The molecule has 2 aliphatic rings. The van der Waals surface area contributed by atoms with E-state index in [0.717, 1.165) is 18.6 Å². The second kappa shape index (κ2) is 11.2. The number of halogens is 5. The quantitative estimate of drug-likeness (QED) is 0.252. The van der Waals surface area contributed by atoms with Crippen LogP contribution in [0.1, 0.15) is 45.0 Å². The lowest BCUT2D eigenvalue weighted by Gasteiger charge is -2.30. The van der Waals surface area contributed by atoms with Crippen molar-refractivity contribution in [3.8, 4) is 5.88 Å². The van der Waals surface area contributed by atoms with Gasteiger partial charge in [0.25, 0.3) is 0 Å². The highest BCUT2D eigenvalue weighted by molar-refractivity contribution is 6.30. The minimum Gasteiger partial charge on any atom is -0.478 e. The summed E-state index contributed by atoms with van der Waals surface area (Å²) in [5.41, 5.74) is 1.40. The normalized spacial score (nSPS) is 17.2. The number of carbonyl (C=O) groups is 1. The molecule has 13 heteroatoms. The molecule has 4 aromatic rings. The summed E-state index contributed by atoms with van der Waals surface area (Å²) >= 11 is 5.77. The SMILES string of the molecule is O=C(O)c1ccc2nc(CN3CCc4cc(C(F)(F)F)c(OCc5ccc(Cl)cc5F)nc4C3)n(C[C@@H]3CCO3)c2c1. The van der Waals surface area contributed by atoms with Gasteiger partial charge in [-0.25, -0.2) is 19.2 Å². The van der Waals surface area contributed by atoms with Crippen molar-refractivity contribution >= 4 is 28.6 Å². The standard InChI is InChI=1S/C29H25ClF4N4O4/c30-19-3-1-18(22(31)11-19)15-42-27-21(29(32,33)34)9-16-5-7-37(13-24(16)36-27)14-26-35-23-4-2-17(28(39)40)10-25(23)38(26)12-20-6-8-41-20/h1-4,9-11,20H,5-8,12-15H2,(H,39,40)/t20-/m0/s1. The van der Waals surface area contributed by atoms with Gasteiger partial charge in [0.05, 0.1) is 41.5 Å². The number of fused-ring (bicyclic) bond motifs is 2. The summed E-state index contributed by atoms with van der Waals surface area (Å²) < 4.78 is 69.0. The first-order chi connectivity index (χ1) is 20.0. The Morgan fingerprint density at radius 1 is 1.17 bits per heavy atom. The number of alkyl halides is 3. The van der Waals surface area contributed by atoms with Crippen LogP contribution < -0.4 is 4.74 Å². The maximum Gasteiger partial charge on any atom is 0.421 e. The fourth-order valence-corrected chi connectivity index (χ4v) is 5.35. The number of benzene rings is 2. The first kappa shape index (κ1) is 28.4. The van der Waals surface area contributed by atoms with E-state index < -0.39 is 36.0 Å². The number of nitrogens with zero attached hydrogens (tertiary/aromatic N) is 4. The van der Waals surface area contributed by atoms with Crippen molar-refractivity contribution in [2.75, 3.05) is 13.2 Å². The Morgan fingerprint density at radius 3 is 2.67 bits per heavy atom. The van der Waals surface area contributed by atoms with Gasteiger partial charge >= 0.3 is 12.1 Å². The second-order valence-electron chi connectivity index (χ2n) is 10.4. The molecular formula is C29H25ClF4N4O4. The highest BCUT2D eigenvalue weighted by Gasteiger charge is 2.37. The molecule has 2 aromatic heterocycles. The van der Waals surface area contributed by atoms with Gasteiger partial charge in [-0.1, -0.05) is 17.7 Å². The molecule has 0 saturated carbocycles. The van der Waals surface area contributed by atoms with Crippen LogP contribution in [0.15, 0.2) is 42.5 Å². The van der Waals surface area contributed by atoms with Gasteiger partial charge in [-0.2, -0.15) is 13.2 Å². The summed E-state index contributed by atoms with van der Waals surface area (Å²) in [5.74, 6) is -1.66. The van der Waals surface area contributed by atoms with Crippen LogP contribution in [0.5, 0.6) is 5.88 Å². The zero-order valence-corrected chi connectivity index (χ0v) is 22.9. The molecule has 2 aliphatic heterocycles. The minimum absolute atomic E-state index is 0.00986. The van der Waals surface area contributed by atoms with Crippen LogP contribution in [0.3, 0.4) is 0 Å². The average Bonchev–Trinajstić information content (AvgIpc) is 3.24. The number of hydrogen-bond donors (Lipinski definition) is 1. The number of aromatic nitrogens is 3. The lowest BCUT2D eigenvalue weighted by atomic mass is 10.0. The second-order valence-corrected chi connectivity index (χ2v) is 10.8. The van der Waals surface area contributed by atoms with Crippen LogP contribution in [-0.4, -0.2) is 49.8 Å². The molecule has 0 unspecified atom stereocenters. The molecule has 4 heterocycles. The smallest absolute Gasteiger partial charge is 0.421 e. The van der Waals surface area contributed by atoms with Crippen molar-refractivity contribution < 1.29 is 36.9 Å². The van der Waals surface area contributed by atoms with E-state index >= 15 is 0 Å². The largest absolute Gasteiger partial charge is 0.478 e. The van der Waals surface area contributed by atoms with Gasteiger partial charge in [-0.15, -0.1) is 0 Å². The number of carboxylic acids is 1. The number of carboxylic acid groups (broad SMARTS) is 1. The van der Waals surface area contributed by atoms with E-state index in [1.54, 1.807) is 12.1 Å². The Kier molecular flexibility index (Phi) is 7.54. The molecule has 0 amide bonds. The van der Waals surface area contributed by atoms with Gasteiger partial charge in [0.15, 0.2) is 0 Å². The first-order valence-electron chi connectivity index (χ1n) is 13.3. The summed E-state index contributed by atoms with van der Waals surface area (Å²) in [6.45, 7) is 1.78. The Morgan fingerprint density at radius 2 is 1.98 bits per heavy atom. The third kappa shape index (κ3) is 5.79. The molecule has 1 atom stereocenters. The van der Waals surface area contributed by atoms with Gasteiger partial charge in [0, 0.05) is 30.3 Å². The van der Waals surface area contributed by atoms with E-state index in [0.29, 0.717) is 60.8 Å². The summed E-state index contributed by atoms with van der Waals surface area (Å²) in [7, 11) is 0. The van der Waals surface area contributed by atoms with Crippen molar-refractivity contribution in [3.63, 3.8) is 0 Å². The van der Waals surface area contributed by atoms with E-state index in [-0.39, 0.29) is 28.8 Å². The number of aromatic carboxylic acids is 1. The lowest BCUT2D eigenvalue weighted by molar-refractivity contribution is -0.139. The summed E-state index contributed by atoms with van der Waals surface area (Å²) in [5, 5.41) is 9.64. The highest BCUT2D eigenvalue weighted by Crippen LogP contribution is 2.38. The van der Waals surface area contributed by atoms with Gasteiger partial charge < -0.3 is 19.1 Å². The molecule has 220 valence electrons. The van der Waals surface area contributed by atoms with E-state index in [9.17, 15) is 27.5 Å². The summed E-state index contributed by atoms with van der Waals surface area (Å²) in [6.07, 6.45) is -3.52. The Bertz CT molecular complexity index is 1670. The lowest BCUT2D eigenvalue weighted by Crippen LogP contribution is -2.34. The topological polar surface area (TPSA) is 89.7 Å². The molecular weight excluding hydrogens is 580 g/mol. The fourth-order valence-electron chi connectivity index (χ4n) is 5.19. The monoisotopic (exact) mass is 604 g/mol. The Balaban J connectivity index is 1.27. The van der Waals surface area contributed by atoms with Crippen LogP contribution >= 0.6 is 11.6 Å². The Labute approximate surface area is 242 Å². The molecule has 1 N–H and O–H groups in total. The maximum absolute atomic E-state index is 14.2. The predicted molar refractivity (Wildman–Crippen MR) is 144 cm³/mol. The van der Waals surface area contributed by atoms with Crippen molar-refractivity contribution in [1.29, 1.82) is 0 Å². The van der Waals surface area contributed by atoms with Crippen LogP contribution in [-0.2, 0) is 43.6 Å². The average molecular weight is 605 g/mol. The first-order valence-corrected chi connectivity index (χ1v) is 13.7. The van der Waals surface area contributed by atoms with E-state index in [4.69, 9.17) is 26.1 Å². The van der Waals surface area contributed by atoms with Crippen molar-refractivity contribution in [1.82, 2.24) is 19.4 Å². The van der Waals surface area contributed by atoms with Gasteiger partial charge in [0.2, 0.25) is 5.88 Å². The number of pyridine rings is 1. The third-order valence-electron chi connectivity index (χ3n) is 7.53. The number of rotatable bonds is 8. The molecule has 1 saturated heterocycles. The van der Waals surface area contributed by atoms with Crippen LogP contribution in [0.4, 0.5) is 17.6 Å². The molecule has 0 aliphatic carbocycles. The zero-order chi connectivity index (χ0) is 29.6. The van der Waals surface area contributed by atoms with Crippen LogP contribution in [0, 0.1) is 5.82 Å². The van der Waals surface area contributed by atoms with Gasteiger partial charge in [-0.3, -0.25) is 4.90 Å². The molecule has 0 spiro atoms. The number of hydrogen-bond acceptors (Lipinski definition) is 6. The highest BCUT2D eigenvalue weighted by atomic mass is 35.5. The third-order valence-corrected chi connectivity index (χ3v) is 7.77. The predicted octanol–water partition coefficient (Wildman–Crippen LogP) is 5.87. The molecule has 2 aromatic carbocycles. The maximum atomic E-state index is 14.2. The zero-order valence-electron chi connectivity index (χ0n) is 22.1. The van der Waals surface area contributed by atoms with Gasteiger partial charge in [-0.05, 0) is 54.8 Å². The van der Waals surface area contributed by atoms with E-state index in [2.05, 4.69) is 4.98 Å². The summed E-state index contributed by atoms with van der Waals surface area (Å²) in [6, 6.07) is 9.66. The fraction of sp³-hybridized carbons (Fsp3) is 0.345. The van der Waals surface area contributed by atoms with E-state index in [1.165, 1.54) is 18.2 Å². The van der Waals surface area contributed by atoms with Crippen LogP contribution in [0.2, 0.25) is 5.02 Å². The Hall–Kier alpha value is -3.74. The van der Waals surface area contributed by atoms with Crippen molar-refractivity contribution in [2.24, 2.45) is 0 Å². The molecule has 0 radical (unpaired) electrons. The number of ether oxygens (including phenoxy) is 2. The summed E-state index contributed by atoms with van der Waals surface area (Å²) in [4.78, 5) is 22.6. The van der Waals surface area contributed by atoms with Crippen molar-refractivity contribution in [3.05, 3.63) is 87.1 Å². The number of imidazole rings is 1. The molecule has 1 fully saturated rings. The molecule has 42 heavy (non-hydrogen) atoms. The van der Waals surface area contributed by atoms with Crippen LogP contribution in [0.25, 0.3) is 11.0 Å². The molecule has 0 bridgehead atoms. The van der Waals surface area contributed by atoms with Gasteiger partial charge in [0.1, 0.15) is 23.8 Å².